The van der Waals surface area contributed by atoms with Crippen LogP contribution in [0.1, 0.15) is 31.7 Å². The molecule has 0 fully saturated rings. The molecule has 6 heteroatoms. The summed E-state index contributed by atoms with van der Waals surface area (Å²) in [5.41, 5.74) is 7.04. The maximum atomic E-state index is 12.4. The van der Waals surface area contributed by atoms with Crippen LogP contribution in [-0.4, -0.2) is 17.6 Å². The fourth-order valence-electron chi connectivity index (χ4n) is 2.39. The fraction of sp³-hybridized carbons (Fsp3) is 0.312. The molecule has 0 saturated heterocycles. The zero-order valence-electron chi connectivity index (χ0n) is 12.5. The third-order valence-electron chi connectivity index (χ3n) is 3.33. The summed E-state index contributed by atoms with van der Waals surface area (Å²) in [6, 6.07) is 5.57. The lowest BCUT2D eigenvalue weighted by Crippen LogP contribution is -2.26. The van der Waals surface area contributed by atoms with Gasteiger partial charge in [0, 0.05) is 18.8 Å². The topological polar surface area (TPSA) is 98.2 Å². The Morgan fingerprint density at radius 2 is 2.32 bits per heavy atom. The van der Waals surface area contributed by atoms with Crippen molar-refractivity contribution in [2.75, 3.05) is 6.61 Å². The van der Waals surface area contributed by atoms with Crippen LogP contribution in [0, 0.1) is 11.3 Å². The molecule has 1 unspecified atom stereocenters. The summed E-state index contributed by atoms with van der Waals surface area (Å²) in [5, 5.41) is 9.42. The van der Waals surface area contributed by atoms with Gasteiger partial charge in [-0.2, -0.15) is 5.26 Å². The molecule has 2 rings (SSSR count). The van der Waals surface area contributed by atoms with Gasteiger partial charge in [0.1, 0.15) is 17.4 Å². The molecular formula is C16H17N3O3. The van der Waals surface area contributed by atoms with E-state index in [4.69, 9.17) is 15.2 Å². The average molecular weight is 299 g/mol. The van der Waals surface area contributed by atoms with E-state index in [1.165, 1.54) is 0 Å². The molecule has 114 valence electrons. The van der Waals surface area contributed by atoms with Crippen LogP contribution in [0.5, 0.6) is 0 Å². The lowest BCUT2D eigenvalue weighted by molar-refractivity contribution is -0.139. The molecule has 0 saturated carbocycles. The number of pyridine rings is 1. The molecule has 0 aromatic carbocycles. The largest absolute Gasteiger partial charge is 0.463 e. The lowest BCUT2D eigenvalue weighted by atomic mass is 9.83. The Labute approximate surface area is 128 Å². The summed E-state index contributed by atoms with van der Waals surface area (Å²) in [6.07, 6.45) is 3.69. The number of carbonyl (C=O) groups is 1. The van der Waals surface area contributed by atoms with Gasteiger partial charge in [0.05, 0.1) is 18.1 Å². The van der Waals surface area contributed by atoms with Crippen LogP contribution in [0.4, 0.5) is 0 Å². The molecule has 2 heterocycles. The number of rotatable bonds is 4. The van der Waals surface area contributed by atoms with E-state index >= 15 is 0 Å². The molecule has 1 aliphatic rings. The number of esters is 1. The van der Waals surface area contributed by atoms with Gasteiger partial charge < -0.3 is 15.2 Å². The van der Waals surface area contributed by atoms with Crippen molar-refractivity contribution in [1.29, 1.82) is 5.26 Å². The number of nitriles is 1. The van der Waals surface area contributed by atoms with Crippen molar-refractivity contribution < 1.29 is 14.3 Å². The fourth-order valence-corrected chi connectivity index (χ4v) is 2.39. The van der Waals surface area contributed by atoms with Crippen LogP contribution in [-0.2, 0) is 14.3 Å². The molecule has 1 aromatic heterocycles. The second kappa shape index (κ2) is 6.76. The molecule has 1 atom stereocenters. The predicted octanol–water partition coefficient (Wildman–Crippen LogP) is 2.12. The SMILES string of the molecule is CCOC(=O)C1=C(CC)OC(N)=C(C#N)C1c1cccnc1. The Balaban J connectivity index is 2.62. The summed E-state index contributed by atoms with van der Waals surface area (Å²) in [7, 11) is 0. The first-order valence-corrected chi connectivity index (χ1v) is 7.01. The second-order valence-electron chi connectivity index (χ2n) is 4.62. The van der Waals surface area contributed by atoms with Gasteiger partial charge in [-0.05, 0) is 18.6 Å². The zero-order valence-corrected chi connectivity index (χ0v) is 12.5. The van der Waals surface area contributed by atoms with Crippen molar-refractivity contribution in [1.82, 2.24) is 4.98 Å². The van der Waals surface area contributed by atoms with Crippen molar-refractivity contribution in [3.8, 4) is 6.07 Å². The minimum Gasteiger partial charge on any atom is -0.463 e. The highest BCUT2D eigenvalue weighted by molar-refractivity contribution is 5.92. The molecule has 1 aliphatic heterocycles. The van der Waals surface area contributed by atoms with Crippen molar-refractivity contribution in [2.24, 2.45) is 5.73 Å². The summed E-state index contributed by atoms with van der Waals surface area (Å²) in [6.45, 7) is 3.81. The van der Waals surface area contributed by atoms with Crippen LogP contribution >= 0.6 is 0 Å². The van der Waals surface area contributed by atoms with Crippen molar-refractivity contribution >= 4 is 5.97 Å². The summed E-state index contributed by atoms with van der Waals surface area (Å²) in [5.74, 6) is -0.694. The standard InChI is InChI=1S/C16H17N3O3/c1-3-12-14(16(20)21-4-2)13(10-6-5-7-19-9-10)11(8-17)15(18)22-12/h5-7,9,13H,3-4,18H2,1-2H3. The monoisotopic (exact) mass is 299 g/mol. The van der Waals surface area contributed by atoms with E-state index in [9.17, 15) is 10.1 Å². The Hall–Kier alpha value is -2.81. The first-order valence-electron chi connectivity index (χ1n) is 7.01. The number of hydrogen-bond acceptors (Lipinski definition) is 6. The van der Waals surface area contributed by atoms with Crippen LogP contribution < -0.4 is 5.73 Å². The average Bonchev–Trinajstić information content (AvgIpc) is 2.54. The quantitative estimate of drug-likeness (QED) is 0.855. The van der Waals surface area contributed by atoms with E-state index in [2.05, 4.69) is 4.98 Å². The van der Waals surface area contributed by atoms with E-state index in [1.807, 2.05) is 13.0 Å². The minimum absolute atomic E-state index is 0.0150. The summed E-state index contributed by atoms with van der Waals surface area (Å²) in [4.78, 5) is 16.4. The molecule has 0 aliphatic carbocycles. The molecule has 0 spiro atoms. The molecule has 0 radical (unpaired) electrons. The Morgan fingerprint density at radius 1 is 1.55 bits per heavy atom. The number of nitrogens with two attached hydrogens (primary N) is 1. The van der Waals surface area contributed by atoms with Crippen LogP contribution in [0.3, 0.4) is 0 Å². The molecule has 0 bridgehead atoms. The highest BCUT2D eigenvalue weighted by Gasteiger charge is 2.37. The maximum Gasteiger partial charge on any atom is 0.338 e. The molecule has 0 amide bonds. The predicted molar refractivity (Wildman–Crippen MR) is 78.8 cm³/mol. The van der Waals surface area contributed by atoms with Crippen molar-refractivity contribution in [2.45, 2.75) is 26.2 Å². The highest BCUT2D eigenvalue weighted by Crippen LogP contribution is 2.40. The van der Waals surface area contributed by atoms with Gasteiger partial charge >= 0.3 is 5.97 Å². The van der Waals surface area contributed by atoms with E-state index in [0.717, 1.165) is 0 Å². The molecular weight excluding hydrogens is 282 g/mol. The van der Waals surface area contributed by atoms with Gasteiger partial charge in [-0.25, -0.2) is 4.79 Å². The highest BCUT2D eigenvalue weighted by atomic mass is 16.5. The number of allylic oxidation sites excluding steroid dienone is 2. The Kier molecular flexibility index (Phi) is 4.79. The van der Waals surface area contributed by atoms with Crippen molar-refractivity contribution in [3.63, 3.8) is 0 Å². The maximum absolute atomic E-state index is 12.4. The lowest BCUT2D eigenvalue weighted by Gasteiger charge is -2.27. The van der Waals surface area contributed by atoms with E-state index in [0.29, 0.717) is 23.3 Å². The molecule has 1 aromatic rings. The van der Waals surface area contributed by atoms with Crippen LogP contribution in [0.25, 0.3) is 0 Å². The third-order valence-corrected chi connectivity index (χ3v) is 3.33. The van der Waals surface area contributed by atoms with Gasteiger partial charge in [0.2, 0.25) is 5.88 Å². The minimum atomic E-state index is -0.624. The second-order valence-corrected chi connectivity index (χ2v) is 4.62. The van der Waals surface area contributed by atoms with Crippen LogP contribution in [0.15, 0.2) is 47.3 Å². The first kappa shape index (κ1) is 15.6. The first-order chi connectivity index (χ1) is 10.6. The number of nitrogens with zero attached hydrogens (tertiary/aromatic N) is 2. The van der Waals surface area contributed by atoms with Gasteiger partial charge in [0.25, 0.3) is 0 Å². The smallest absolute Gasteiger partial charge is 0.338 e. The van der Waals surface area contributed by atoms with Gasteiger partial charge in [-0.15, -0.1) is 0 Å². The number of hydrogen-bond donors (Lipinski definition) is 1. The number of ether oxygens (including phenoxy) is 2. The molecule has 22 heavy (non-hydrogen) atoms. The van der Waals surface area contributed by atoms with E-state index in [1.54, 1.807) is 31.5 Å². The third kappa shape index (κ3) is 2.79. The Morgan fingerprint density at radius 3 is 2.86 bits per heavy atom. The normalized spacial score (nSPS) is 17.8. The number of carbonyl (C=O) groups excluding carboxylic acids is 1. The zero-order chi connectivity index (χ0) is 16.1. The van der Waals surface area contributed by atoms with Gasteiger partial charge in [0.15, 0.2) is 0 Å². The van der Waals surface area contributed by atoms with Gasteiger partial charge in [-0.3, -0.25) is 4.98 Å². The van der Waals surface area contributed by atoms with E-state index in [-0.39, 0.29) is 18.1 Å². The Bertz CT molecular complexity index is 672. The molecule has 2 N–H and O–H groups in total. The summed E-state index contributed by atoms with van der Waals surface area (Å²) < 4.78 is 10.6. The summed E-state index contributed by atoms with van der Waals surface area (Å²) >= 11 is 0. The van der Waals surface area contributed by atoms with Crippen molar-refractivity contribution in [3.05, 3.63) is 52.9 Å². The molecule has 6 nitrogen and oxygen atoms in total. The van der Waals surface area contributed by atoms with Gasteiger partial charge in [-0.1, -0.05) is 13.0 Å². The van der Waals surface area contributed by atoms with E-state index < -0.39 is 11.9 Å². The van der Waals surface area contributed by atoms with Crippen LogP contribution in [0.2, 0.25) is 0 Å². The number of aromatic nitrogens is 1.